The summed E-state index contributed by atoms with van der Waals surface area (Å²) in [7, 11) is 1.67. The first kappa shape index (κ1) is 15.5. The zero-order chi connectivity index (χ0) is 16.4. The summed E-state index contributed by atoms with van der Waals surface area (Å²) in [6.45, 7) is 1.98. The highest BCUT2D eigenvalue weighted by atomic mass is 16.2. The van der Waals surface area contributed by atoms with E-state index in [1.807, 2.05) is 6.92 Å². The number of rotatable bonds is 3. The summed E-state index contributed by atoms with van der Waals surface area (Å²) in [4.78, 5) is 24.0. The van der Waals surface area contributed by atoms with Crippen LogP contribution < -0.4 is 10.9 Å². The van der Waals surface area contributed by atoms with Crippen molar-refractivity contribution in [3.05, 3.63) is 69.1 Å². The SMILES string of the molecule is CC(NC(=O)c1ccn(C)c(=O)c1)c1ccc2c(c1)CCCC2. The van der Waals surface area contributed by atoms with Gasteiger partial charge < -0.3 is 9.88 Å². The lowest BCUT2D eigenvalue weighted by Crippen LogP contribution is -2.28. The first-order chi connectivity index (χ1) is 11.0. The molecule has 0 fully saturated rings. The van der Waals surface area contributed by atoms with Crippen molar-refractivity contribution >= 4 is 5.91 Å². The van der Waals surface area contributed by atoms with Gasteiger partial charge in [0.1, 0.15) is 0 Å². The van der Waals surface area contributed by atoms with Gasteiger partial charge in [0.2, 0.25) is 0 Å². The van der Waals surface area contributed by atoms with Crippen LogP contribution in [0.3, 0.4) is 0 Å². The molecule has 0 radical (unpaired) electrons. The molecule has 1 atom stereocenters. The van der Waals surface area contributed by atoms with E-state index >= 15 is 0 Å². The molecule has 4 heteroatoms. The number of nitrogens with one attached hydrogen (secondary N) is 1. The smallest absolute Gasteiger partial charge is 0.252 e. The van der Waals surface area contributed by atoms with E-state index in [0.717, 1.165) is 18.4 Å². The first-order valence-corrected chi connectivity index (χ1v) is 8.14. The third-order valence-corrected chi connectivity index (χ3v) is 4.59. The normalized spacial score (nSPS) is 14.9. The minimum absolute atomic E-state index is 0.0845. The molecule has 0 spiro atoms. The molecule has 0 saturated carbocycles. The molecule has 2 aromatic rings. The molecular formula is C19H22N2O2. The number of fused-ring (bicyclic) bond motifs is 1. The van der Waals surface area contributed by atoms with Gasteiger partial charge in [0.15, 0.2) is 0 Å². The summed E-state index contributed by atoms with van der Waals surface area (Å²) >= 11 is 0. The van der Waals surface area contributed by atoms with Crippen LogP contribution in [0.25, 0.3) is 0 Å². The summed E-state index contributed by atoms with van der Waals surface area (Å²) < 4.78 is 1.45. The second-order valence-corrected chi connectivity index (χ2v) is 6.29. The molecule has 23 heavy (non-hydrogen) atoms. The van der Waals surface area contributed by atoms with Crippen LogP contribution in [-0.2, 0) is 19.9 Å². The summed E-state index contributed by atoms with van der Waals surface area (Å²) in [6, 6.07) is 9.44. The molecule has 1 unspecified atom stereocenters. The number of carbonyl (C=O) groups excluding carboxylic acids is 1. The fraction of sp³-hybridized carbons (Fsp3) is 0.368. The van der Waals surface area contributed by atoms with Crippen LogP contribution in [-0.4, -0.2) is 10.5 Å². The van der Waals surface area contributed by atoms with Crippen LogP contribution in [0.5, 0.6) is 0 Å². The molecule has 1 N–H and O–H groups in total. The second-order valence-electron chi connectivity index (χ2n) is 6.29. The molecule has 4 nitrogen and oxygen atoms in total. The number of amides is 1. The van der Waals surface area contributed by atoms with Gasteiger partial charge in [-0.1, -0.05) is 18.2 Å². The number of aromatic nitrogens is 1. The third-order valence-electron chi connectivity index (χ3n) is 4.59. The Labute approximate surface area is 136 Å². The average Bonchev–Trinajstić information content (AvgIpc) is 2.56. The zero-order valence-corrected chi connectivity index (χ0v) is 13.6. The van der Waals surface area contributed by atoms with Crippen LogP contribution in [0, 0.1) is 0 Å². The minimum atomic E-state index is -0.215. The number of hydrogen-bond donors (Lipinski definition) is 1. The quantitative estimate of drug-likeness (QED) is 0.947. The minimum Gasteiger partial charge on any atom is -0.346 e. The Balaban J connectivity index is 1.75. The van der Waals surface area contributed by atoms with Crippen LogP contribution in [0.1, 0.15) is 52.9 Å². The van der Waals surface area contributed by atoms with E-state index in [1.165, 1.54) is 34.6 Å². The molecule has 1 aliphatic carbocycles. The molecule has 1 aromatic heterocycles. The van der Waals surface area contributed by atoms with Gasteiger partial charge in [-0.2, -0.15) is 0 Å². The van der Waals surface area contributed by atoms with Gasteiger partial charge in [-0.25, -0.2) is 0 Å². The van der Waals surface area contributed by atoms with Gasteiger partial charge in [0.05, 0.1) is 6.04 Å². The van der Waals surface area contributed by atoms with E-state index in [9.17, 15) is 9.59 Å². The molecule has 0 bridgehead atoms. The molecule has 1 aromatic carbocycles. The molecule has 1 aliphatic rings. The highest BCUT2D eigenvalue weighted by molar-refractivity contribution is 5.94. The molecule has 1 heterocycles. The van der Waals surface area contributed by atoms with Crippen molar-refractivity contribution in [3.8, 4) is 0 Å². The van der Waals surface area contributed by atoms with Crippen molar-refractivity contribution < 1.29 is 4.79 Å². The number of pyridine rings is 1. The maximum atomic E-state index is 12.3. The van der Waals surface area contributed by atoms with Crippen molar-refractivity contribution in [2.75, 3.05) is 0 Å². The zero-order valence-electron chi connectivity index (χ0n) is 13.6. The number of benzene rings is 1. The largest absolute Gasteiger partial charge is 0.346 e. The van der Waals surface area contributed by atoms with Crippen LogP contribution in [0.4, 0.5) is 0 Å². The number of nitrogens with zero attached hydrogens (tertiary/aromatic N) is 1. The highest BCUT2D eigenvalue weighted by Crippen LogP contribution is 2.24. The van der Waals surface area contributed by atoms with Crippen molar-refractivity contribution in [1.29, 1.82) is 0 Å². The first-order valence-electron chi connectivity index (χ1n) is 8.14. The van der Waals surface area contributed by atoms with Gasteiger partial charge in [0, 0.05) is 24.9 Å². The predicted molar refractivity (Wildman–Crippen MR) is 90.6 cm³/mol. The fourth-order valence-corrected chi connectivity index (χ4v) is 3.08. The van der Waals surface area contributed by atoms with Gasteiger partial charge >= 0.3 is 0 Å². The molecule has 0 aliphatic heterocycles. The summed E-state index contributed by atoms with van der Waals surface area (Å²) in [5.41, 5.74) is 4.17. The van der Waals surface area contributed by atoms with Crippen LogP contribution in [0.2, 0.25) is 0 Å². The van der Waals surface area contributed by atoms with E-state index in [4.69, 9.17) is 0 Å². The Morgan fingerprint density at radius 2 is 1.87 bits per heavy atom. The van der Waals surface area contributed by atoms with E-state index in [1.54, 1.807) is 19.3 Å². The predicted octanol–water partition coefficient (Wildman–Crippen LogP) is 2.76. The van der Waals surface area contributed by atoms with E-state index < -0.39 is 0 Å². The lowest BCUT2D eigenvalue weighted by Gasteiger charge is -2.20. The number of hydrogen-bond acceptors (Lipinski definition) is 2. The van der Waals surface area contributed by atoms with Crippen LogP contribution in [0.15, 0.2) is 41.3 Å². The van der Waals surface area contributed by atoms with Crippen molar-refractivity contribution in [2.24, 2.45) is 7.05 Å². The van der Waals surface area contributed by atoms with E-state index in [-0.39, 0.29) is 17.5 Å². The number of carbonyl (C=O) groups is 1. The summed E-state index contributed by atoms with van der Waals surface area (Å²) in [5, 5.41) is 2.98. The van der Waals surface area contributed by atoms with Crippen molar-refractivity contribution in [3.63, 3.8) is 0 Å². The monoisotopic (exact) mass is 310 g/mol. The average molecular weight is 310 g/mol. The molecule has 120 valence electrons. The summed E-state index contributed by atoms with van der Waals surface area (Å²) in [6.07, 6.45) is 6.40. The van der Waals surface area contributed by atoms with Crippen LogP contribution >= 0.6 is 0 Å². The molecule has 3 rings (SSSR count). The lowest BCUT2D eigenvalue weighted by atomic mass is 9.89. The summed E-state index contributed by atoms with van der Waals surface area (Å²) in [5.74, 6) is -0.215. The van der Waals surface area contributed by atoms with Gasteiger partial charge in [-0.3, -0.25) is 9.59 Å². The molecular weight excluding hydrogens is 288 g/mol. The Hall–Kier alpha value is -2.36. The van der Waals surface area contributed by atoms with Gasteiger partial charge in [-0.05, 0) is 55.4 Å². The van der Waals surface area contributed by atoms with E-state index in [2.05, 4.69) is 23.5 Å². The van der Waals surface area contributed by atoms with Crippen molar-refractivity contribution in [1.82, 2.24) is 9.88 Å². The standard InChI is InChI=1S/C19H22N2O2/c1-13(15-8-7-14-5-3-4-6-16(14)11-15)20-19(23)17-9-10-21(2)18(22)12-17/h7-13H,3-6H2,1-2H3,(H,20,23). The topological polar surface area (TPSA) is 51.1 Å². The molecule has 1 amide bonds. The Bertz CT molecular complexity index is 792. The molecule has 0 saturated heterocycles. The lowest BCUT2D eigenvalue weighted by molar-refractivity contribution is 0.0939. The van der Waals surface area contributed by atoms with E-state index in [0.29, 0.717) is 5.56 Å². The number of aryl methyl sites for hydroxylation is 3. The fourth-order valence-electron chi connectivity index (χ4n) is 3.08. The maximum absolute atomic E-state index is 12.3. The second kappa shape index (κ2) is 6.41. The van der Waals surface area contributed by atoms with Gasteiger partial charge in [-0.15, -0.1) is 0 Å². The Kier molecular flexibility index (Phi) is 4.33. The highest BCUT2D eigenvalue weighted by Gasteiger charge is 2.15. The Morgan fingerprint density at radius 1 is 1.13 bits per heavy atom. The third kappa shape index (κ3) is 3.36. The maximum Gasteiger partial charge on any atom is 0.252 e. The van der Waals surface area contributed by atoms with Crippen molar-refractivity contribution in [2.45, 2.75) is 38.6 Å². The van der Waals surface area contributed by atoms with Gasteiger partial charge in [0.25, 0.3) is 11.5 Å². The Morgan fingerprint density at radius 3 is 2.61 bits per heavy atom.